The predicted molar refractivity (Wildman–Crippen MR) is 54.3 cm³/mol. The molecule has 1 heteroatoms. The van der Waals surface area contributed by atoms with Gasteiger partial charge in [0.25, 0.3) is 0 Å². The normalized spacial score (nSPS) is 20.2. The van der Waals surface area contributed by atoms with E-state index in [4.69, 9.17) is 4.74 Å². The van der Waals surface area contributed by atoms with E-state index in [9.17, 15) is 0 Å². The van der Waals surface area contributed by atoms with Crippen molar-refractivity contribution >= 4 is 0 Å². The summed E-state index contributed by atoms with van der Waals surface area (Å²) >= 11 is 0. The fourth-order valence-electron chi connectivity index (χ4n) is 1.69. The van der Waals surface area contributed by atoms with Gasteiger partial charge >= 0.3 is 0 Å². The topological polar surface area (TPSA) is 9.23 Å². The second-order valence-electron chi connectivity index (χ2n) is 4.90. The molecule has 0 bridgehead atoms. The third kappa shape index (κ3) is 2.01. The molecular weight excluding hydrogens is 148 g/mol. The van der Waals surface area contributed by atoms with Crippen LogP contribution in [0, 0.1) is 10.8 Å². The Morgan fingerprint density at radius 1 is 1.17 bits per heavy atom. The number of hydrogen-bond acceptors (Lipinski definition) is 1. The maximum Gasteiger partial charge on any atom is 0.0601 e. The van der Waals surface area contributed by atoms with E-state index in [0.29, 0.717) is 11.5 Å². The molecule has 0 saturated heterocycles. The van der Waals surface area contributed by atoms with Gasteiger partial charge in [-0.1, -0.05) is 34.6 Å². The summed E-state index contributed by atoms with van der Waals surface area (Å²) in [6.07, 6.45) is 1.48. The van der Waals surface area contributed by atoms with Crippen LogP contribution in [-0.4, -0.2) is 13.2 Å². The second kappa shape index (κ2) is 3.78. The van der Waals surface area contributed by atoms with E-state index >= 15 is 0 Å². The third-order valence-corrected chi connectivity index (χ3v) is 3.70. The average Bonchev–Trinajstić information content (AvgIpc) is 1.99. The summed E-state index contributed by atoms with van der Waals surface area (Å²) < 4.78 is 5.43. The molecule has 0 fully saturated rings. The van der Waals surface area contributed by atoms with Crippen molar-refractivity contribution in [1.82, 2.24) is 0 Å². The molecule has 0 aliphatic rings. The smallest absolute Gasteiger partial charge is 0.0601 e. The van der Waals surface area contributed by atoms with E-state index in [1.165, 1.54) is 0 Å². The Hall–Kier alpha value is -0.0400. The SMILES string of the molecule is CCC(C)(C(C)OC)C(C)(C)C. The van der Waals surface area contributed by atoms with Crippen molar-refractivity contribution in [3.63, 3.8) is 0 Å². The molecule has 1 nitrogen and oxygen atoms in total. The van der Waals surface area contributed by atoms with Crippen LogP contribution < -0.4 is 0 Å². The third-order valence-electron chi connectivity index (χ3n) is 3.70. The van der Waals surface area contributed by atoms with Gasteiger partial charge in [-0.25, -0.2) is 0 Å². The highest BCUT2D eigenvalue weighted by Gasteiger charge is 2.40. The molecule has 0 heterocycles. The first kappa shape index (κ1) is 12.0. The van der Waals surface area contributed by atoms with Crippen LogP contribution in [0.2, 0.25) is 0 Å². The standard InChI is InChI=1S/C11H24O/c1-8-11(6,9(2)12-7)10(3,4)5/h9H,8H2,1-7H3. The maximum atomic E-state index is 5.43. The van der Waals surface area contributed by atoms with E-state index in [2.05, 4.69) is 41.5 Å². The van der Waals surface area contributed by atoms with Crippen LogP contribution in [0.1, 0.15) is 48.0 Å². The lowest BCUT2D eigenvalue weighted by atomic mass is 9.63. The van der Waals surface area contributed by atoms with Gasteiger partial charge in [-0.2, -0.15) is 0 Å². The van der Waals surface area contributed by atoms with E-state index in [1.807, 2.05) is 0 Å². The Balaban J connectivity index is 4.67. The van der Waals surface area contributed by atoms with Crippen molar-refractivity contribution in [3.8, 4) is 0 Å². The average molecular weight is 172 g/mol. The van der Waals surface area contributed by atoms with E-state index < -0.39 is 0 Å². The van der Waals surface area contributed by atoms with Crippen LogP contribution in [0.3, 0.4) is 0 Å². The molecule has 0 spiro atoms. The zero-order valence-electron chi connectivity index (χ0n) is 9.69. The Labute approximate surface area is 77.5 Å². The summed E-state index contributed by atoms with van der Waals surface area (Å²) in [5.74, 6) is 0. The van der Waals surface area contributed by atoms with Gasteiger partial charge in [0.1, 0.15) is 0 Å². The fourth-order valence-corrected chi connectivity index (χ4v) is 1.69. The lowest BCUT2D eigenvalue weighted by Gasteiger charge is -2.45. The monoisotopic (exact) mass is 172 g/mol. The minimum Gasteiger partial charge on any atom is -0.381 e. The van der Waals surface area contributed by atoms with Gasteiger partial charge in [0.2, 0.25) is 0 Å². The molecule has 0 rings (SSSR count). The van der Waals surface area contributed by atoms with Gasteiger partial charge in [0.15, 0.2) is 0 Å². The highest BCUT2D eigenvalue weighted by atomic mass is 16.5. The molecule has 0 aliphatic heterocycles. The van der Waals surface area contributed by atoms with Crippen LogP contribution >= 0.6 is 0 Å². The molecule has 0 aromatic carbocycles. The molecule has 0 aliphatic carbocycles. The van der Waals surface area contributed by atoms with Crippen LogP contribution in [-0.2, 0) is 4.74 Å². The van der Waals surface area contributed by atoms with Crippen molar-refractivity contribution in [2.24, 2.45) is 10.8 Å². The molecule has 2 atom stereocenters. The van der Waals surface area contributed by atoms with Gasteiger partial charge in [0.05, 0.1) is 6.10 Å². The van der Waals surface area contributed by atoms with Gasteiger partial charge < -0.3 is 4.74 Å². The number of ether oxygens (including phenoxy) is 1. The molecule has 74 valence electrons. The second-order valence-corrected chi connectivity index (χ2v) is 4.90. The van der Waals surface area contributed by atoms with Crippen molar-refractivity contribution in [2.45, 2.75) is 54.1 Å². The lowest BCUT2D eigenvalue weighted by Crippen LogP contribution is -2.42. The molecule has 0 aromatic heterocycles. The van der Waals surface area contributed by atoms with Gasteiger partial charge in [-0.15, -0.1) is 0 Å². The van der Waals surface area contributed by atoms with Crippen molar-refractivity contribution in [1.29, 1.82) is 0 Å². The fraction of sp³-hybridized carbons (Fsp3) is 1.00. The zero-order valence-corrected chi connectivity index (χ0v) is 9.69. The van der Waals surface area contributed by atoms with E-state index in [-0.39, 0.29) is 5.41 Å². The van der Waals surface area contributed by atoms with Crippen LogP contribution in [0.15, 0.2) is 0 Å². The summed E-state index contributed by atoms with van der Waals surface area (Å²) in [6, 6.07) is 0. The minimum absolute atomic E-state index is 0.266. The first-order valence-corrected chi connectivity index (χ1v) is 4.82. The lowest BCUT2D eigenvalue weighted by molar-refractivity contribution is -0.0577. The minimum atomic E-state index is 0.266. The first-order chi connectivity index (χ1) is 5.29. The summed E-state index contributed by atoms with van der Waals surface area (Å²) in [6.45, 7) is 13.6. The Bertz CT molecular complexity index is 134. The molecular formula is C11H24O. The molecule has 12 heavy (non-hydrogen) atoms. The molecule has 0 saturated carbocycles. The summed E-state index contributed by atoms with van der Waals surface area (Å²) in [7, 11) is 1.80. The first-order valence-electron chi connectivity index (χ1n) is 4.82. The van der Waals surface area contributed by atoms with Crippen LogP contribution in [0.5, 0.6) is 0 Å². The molecule has 0 N–H and O–H groups in total. The largest absolute Gasteiger partial charge is 0.381 e. The van der Waals surface area contributed by atoms with Crippen molar-refractivity contribution in [2.75, 3.05) is 7.11 Å². The van der Waals surface area contributed by atoms with Gasteiger partial charge in [0, 0.05) is 7.11 Å². The maximum absolute atomic E-state index is 5.43. The van der Waals surface area contributed by atoms with E-state index in [1.54, 1.807) is 7.11 Å². The highest BCUT2D eigenvalue weighted by Crippen LogP contribution is 2.44. The molecule has 0 amide bonds. The Morgan fingerprint density at radius 2 is 1.58 bits per heavy atom. The van der Waals surface area contributed by atoms with Crippen molar-refractivity contribution in [3.05, 3.63) is 0 Å². The van der Waals surface area contributed by atoms with E-state index in [0.717, 1.165) is 6.42 Å². The number of hydrogen-bond donors (Lipinski definition) is 0. The molecule has 2 unspecified atom stereocenters. The Morgan fingerprint density at radius 3 is 1.67 bits per heavy atom. The number of methoxy groups -OCH3 is 1. The molecule has 0 radical (unpaired) electrons. The van der Waals surface area contributed by atoms with Crippen LogP contribution in [0.25, 0.3) is 0 Å². The predicted octanol–water partition coefficient (Wildman–Crippen LogP) is 3.48. The quantitative estimate of drug-likeness (QED) is 0.633. The Kier molecular flexibility index (Phi) is 3.77. The van der Waals surface area contributed by atoms with Gasteiger partial charge in [-0.05, 0) is 24.2 Å². The van der Waals surface area contributed by atoms with Crippen molar-refractivity contribution < 1.29 is 4.74 Å². The summed E-state index contributed by atoms with van der Waals surface area (Å²) in [5.41, 5.74) is 0.568. The summed E-state index contributed by atoms with van der Waals surface area (Å²) in [4.78, 5) is 0. The number of rotatable bonds is 3. The summed E-state index contributed by atoms with van der Waals surface area (Å²) in [5, 5.41) is 0. The van der Waals surface area contributed by atoms with Crippen LogP contribution in [0.4, 0.5) is 0 Å². The zero-order chi connectivity index (χ0) is 9.99. The van der Waals surface area contributed by atoms with Gasteiger partial charge in [-0.3, -0.25) is 0 Å². The highest BCUT2D eigenvalue weighted by molar-refractivity contribution is 4.89. The molecule has 0 aromatic rings.